The van der Waals surface area contributed by atoms with Crippen LogP contribution in [-0.2, 0) is 0 Å². The van der Waals surface area contributed by atoms with Gasteiger partial charge in [0, 0.05) is 38.8 Å². The lowest BCUT2D eigenvalue weighted by Gasteiger charge is -2.35. The van der Waals surface area contributed by atoms with Crippen molar-refractivity contribution in [3.05, 3.63) is 0 Å². The highest BCUT2D eigenvalue weighted by atomic mass is 15.3. The minimum Gasteiger partial charge on any atom is -0.317 e. The first-order chi connectivity index (χ1) is 8.86. The normalized spacial score (nSPS) is 37.0. The Balaban J connectivity index is 1.24. The summed E-state index contributed by atoms with van der Waals surface area (Å²) in [5.74, 6) is 1.03. The van der Waals surface area contributed by atoms with Crippen molar-refractivity contribution in [1.82, 2.24) is 15.1 Å². The van der Waals surface area contributed by atoms with Crippen molar-refractivity contribution in [2.24, 2.45) is 11.3 Å². The number of hydrogen-bond donors (Lipinski definition) is 1. The molecule has 1 unspecified atom stereocenters. The maximum atomic E-state index is 3.51. The van der Waals surface area contributed by atoms with Gasteiger partial charge in [0.15, 0.2) is 0 Å². The number of nitrogens with one attached hydrogen (secondary N) is 1. The SMILES string of the molecule is C1CC2(CCN1)CC2CN1CCN(C2CC2)CC1. The van der Waals surface area contributed by atoms with Gasteiger partial charge in [0.05, 0.1) is 0 Å². The average Bonchev–Trinajstić information content (AvgIpc) is 3.31. The van der Waals surface area contributed by atoms with E-state index in [0.29, 0.717) is 0 Å². The maximum absolute atomic E-state index is 3.51. The number of piperazine rings is 1. The Bertz CT molecular complexity index is 299. The van der Waals surface area contributed by atoms with Crippen LogP contribution in [0.25, 0.3) is 0 Å². The van der Waals surface area contributed by atoms with E-state index in [9.17, 15) is 0 Å². The molecule has 4 aliphatic rings. The van der Waals surface area contributed by atoms with Crippen LogP contribution in [0.1, 0.15) is 32.1 Å². The van der Waals surface area contributed by atoms with Gasteiger partial charge in [0.25, 0.3) is 0 Å². The van der Waals surface area contributed by atoms with Gasteiger partial charge in [-0.25, -0.2) is 0 Å². The summed E-state index contributed by atoms with van der Waals surface area (Å²) in [5.41, 5.74) is 0.777. The van der Waals surface area contributed by atoms with Crippen LogP contribution in [0, 0.1) is 11.3 Å². The summed E-state index contributed by atoms with van der Waals surface area (Å²) in [4.78, 5) is 5.48. The molecule has 2 heterocycles. The highest BCUT2D eigenvalue weighted by molar-refractivity contribution is 5.05. The predicted molar refractivity (Wildman–Crippen MR) is 73.7 cm³/mol. The highest BCUT2D eigenvalue weighted by Crippen LogP contribution is 2.58. The highest BCUT2D eigenvalue weighted by Gasteiger charge is 2.53. The lowest BCUT2D eigenvalue weighted by atomic mass is 9.92. The van der Waals surface area contributed by atoms with E-state index in [2.05, 4.69) is 15.1 Å². The van der Waals surface area contributed by atoms with Crippen LogP contribution in [0.3, 0.4) is 0 Å². The fourth-order valence-corrected chi connectivity index (χ4v) is 4.29. The van der Waals surface area contributed by atoms with E-state index in [0.717, 1.165) is 17.4 Å². The molecule has 3 nitrogen and oxygen atoms in total. The molecular formula is C15H27N3. The van der Waals surface area contributed by atoms with Gasteiger partial charge in [0.1, 0.15) is 0 Å². The fourth-order valence-electron chi connectivity index (χ4n) is 4.29. The van der Waals surface area contributed by atoms with E-state index < -0.39 is 0 Å². The summed E-state index contributed by atoms with van der Waals surface area (Å²) >= 11 is 0. The standard InChI is InChI=1S/C15H27N3/c1-2-14(1)18-9-7-17(8-10-18)12-13-11-15(13)3-5-16-6-4-15/h13-14,16H,1-12H2. The molecule has 0 aromatic carbocycles. The van der Waals surface area contributed by atoms with Crippen molar-refractivity contribution in [2.45, 2.75) is 38.1 Å². The molecule has 102 valence electrons. The van der Waals surface area contributed by atoms with Crippen molar-refractivity contribution in [3.63, 3.8) is 0 Å². The molecule has 0 amide bonds. The molecule has 2 saturated carbocycles. The summed E-state index contributed by atoms with van der Waals surface area (Å²) in [5, 5.41) is 3.51. The molecule has 2 aliphatic carbocycles. The minimum absolute atomic E-state index is 0.777. The third-order valence-electron chi connectivity index (χ3n) is 5.91. The Morgan fingerprint density at radius 2 is 1.72 bits per heavy atom. The molecule has 4 fully saturated rings. The zero-order valence-corrected chi connectivity index (χ0v) is 11.5. The molecule has 1 spiro atoms. The number of nitrogens with zero attached hydrogens (tertiary/aromatic N) is 2. The zero-order valence-electron chi connectivity index (χ0n) is 11.5. The van der Waals surface area contributed by atoms with Gasteiger partial charge in [-0.2, -0.15) is 0 Å². The molecule has 0 bridgehead atoms. The first-order valence-corrected chi connectivity index (χ1v) is 8.03. The first-order valence-electron chi connectivity index (χ1n) is 8.03. The quantitative estimate of drug-likeness (QED) is 0.810. The van der Waals surface area contributed by atoms with E-state index in [-0.39, 0.29) is 0 Å². The lowest BCUT2D eigenvalue weighted by Crippen LogP contribution is -2.48. The smallest absolute Gasteiger partial charge is 0.0113 e. The van der Waals surface area contributed by atoms with Crippen molar-refractivity contribution < 1.29 is 0 Å². The molecule has 18 heavy (non-hydrogen) atoms. The molecule has 2 saturated heterocycles. The fraction of sp³-hybridized carbons (Fsp3) is 1.00. The second kappa shape index (κ2) is 4.46. The van der Waals surface area contributed by atoms with Crippen molar-refractivity contribution in [2.75, 3.05) is 45.8 Å². The van der Waals surface area contributed by atoms with Gasteiger partial charge in [-0.1, -0.05) is 0 Å². The third kappa shape index (κ3) is 2.21. The van der Waals surface area contributed by atoms with Gasteiger partial charge in [0.2, 0.25) is 0 Å². The van der Waals surface area contributed by atoms with E-state index in [4.69, 9.17) is 0 Å². The van der Waals surface area contributed by atoms with Crippen LogP contribution >= 0.6 is 0 Å². The molecule has 0 aromatic heterocycles. The lowest BCUT2D eigenvalue weighted by molar-refractivity contribution is 0.116. The Morgan fingerprint density at radius 3 is 2.39 bits per heavy atom. The summed E-state index contributed by atoms with van der Waals surface area (Å²) in [6.07, 6.45) is 7.36. The largest absolute Gasteiger partial charge is 0.317 e. The van der Waals surface area contributed by atoms with Crippen LogP contribution in [0.5, 0.6) is 0 Å². The molecule has 4 rings (SSSR count). The molecule has 1 N–H and O–H groups in total. The second-order valence-electron chi connectivity index (χ2n) is 7.08. The summed E-state index contributed by atoms with van der Waals surface area (Å²) in [6, 6.07) is 0.976. The number of piperidine rings is 1. The van der Waals surface area contributed by atoms with Gasteiger partial charge in [-0.15, -0.1) is 0 Å². The van der Waals surface area contributed by atoms with Crippen LogP contribution in [0.2, 0.25) is 0 Å². The minimum atomic E-state index is 0.777. The third-order valence-corrected chi connectivity index (χ3v) is 5.91. The Morgan fingerprint density at radius 1 is 1.00 bits per heavy atom. The van der Waals surface area contributed by atoms with E-state index in [1.807, 2.05) is 0 Å². The van der Waals surface area contributed by atoms with E-state index >= 15 is 0 Å². The van der Waals surface area contributed by atoms with Crippen molar-refractivity contribution in [3.8, 4) is 0 Å². The van der Waals surface area contributed by atoms with Gasteiger partial charge in [-0.3, -0.25) is 4.90 Å². The second-order valence-corrected chi connectivity index (χ2v) is 7.08. The summed E-state index contributed by atoms with van der Waals surface area (Å²) in [7, 11) is 0. The van der Waals surface area contributed by atoms with Crippen LogP contribution in [-0.4, -0.2) is 61.7 Å². The number of rotatable bonds is 3. The van der Waals surface area contributed by atoms with Crippen molar-refractivity contribution >= 4 is 0 Å². The first kappa shape index (κ1) is 11.7. The number of hydrogen-bond acceptors (Lipinski definition) is 3. The Labute approximate surface area is 111 Å². The monoisotopic (exact) mass is 249 g/mol. The van der Waals surface area contributed by atoms with E-state index in [1.54, 1.807) is 0 Å². The molecule has 1 atom stereocenters. The molecule has 0 radical (unpaired) electrons. The van der Waals surface area contributed by atoms with Crippen LogP contribution in [0.4, 0.5) is 0 Å². The molecule has 3 heteroatoms. The van der Waals surface area contributed by atoms with Gasteiger partial charge < -0.3 is 10.2 Å². The predicted octanol–water partition coefficient (Wildman–Crippen LogP) is 1.16. The maximum Gasteiger partial charge on any atom is 0.0113 e. The molecule has 2 aliphatic heterocycles. The Hall–Kier alpha value is -0.120. The summed E-state index contributed by atoms with van der Waals surface area (Å²) < 4.78 is 0. The Kier molecular flexibility index (Phi) is 2.90. The summed E-state index contributed by atoms with van der Waals surface area (Å²) in [6.45, 7) is 9.29. The average molecular weight is 249 g/mol. The van der Waals surface area contributed by atoms with E-state index in [1.165, 1.54) is 77.9 Å². The van der Waals surface area contributed by atoms with Crippen LogP contribution < -0.4 is 5.32 Å². The van der Waals surface area contributed by atoms with Gasteiger partial charge >= 0.3 is 0 Å². The van der Waals surface area contributed by atoms with Crippen molar-refractivity contribution in [1.29, 1.82) is 0 Å². The topological polar surface area (TPSA) is 18.5 Å². The molecular weight excluding hydrogens is 222 g/mol. The van der Waals surface area contributed by atoms with Gasteiger partial charge in [-0.05, 0) is 56.5 Å². The zero-order chi connectivity index (χ0) is 12.0. The molecule has 0 aromatic rings. The van der Waals surface area contributed by atoms with Crippen LogP contribution in [0.15, 0.2) is 0 Å².